The van der Waals surface area contributed by atoms with E-state index in [0.29, 0.717) is 37.3 Å². The van der Waals surface area contributed by atoms with Crippen molar-refractivity contribution in [1.82, 2.24) is 5.32 Å². The van der Waals surface area contributed by atoms with Crippen LogP contribution in [0.5, 0.6) is 11.5 Å². The van der Waals surface area contributed by atoms with Gasteiger partial charge in [0.1, 0.15) is 5.41 Å². The van der Waals surface area contributed by atoms with Crippen LogP contribution in [0.4, 0.5) is 5.69 Å². The number of methoxy groups -OCH3 is 2. The van der Waals surface area contributed by atoms with Crippen molar-refractivity contribution in [2.45, 2.75) is 33.1 Å². The summed E-state index contributed by atoms with van der Waals surface area (Å²) in [5, 5.41) is 5.85. The van der Waals surface area contributed by atoms with Gasteiger partial charge in [-0.2, -0.15) is 0 Å². The number of nitrogens with one attached hydrogen (secondary N) is 2. The average molecular weight is 396 g/mol. The summed E-state index contributed by atoms with van der Waals surface area (Å²) in [6, 6.07) is 11.5. The largest absolute Gasteiger partial charge is 0.493 e. The van der Waals surface area contributed by atoms with E-state index in [1.54, 1.807) is 14.2 Å². The molecule has 1 aliphatic rings. The minimum absolute atomic E-state index is 0.208. The van der Waals surface area contributed by atoms with Gasteiger partial charge in [0, 0.05) is 12.2 Å². The van der Waals surface area contributed by atoms with Crippen LogP contribution in [0.15, 0.2) is 36.4 Å². The molecule has 1 fully saturated rings. The third kappa shape index (κ3) is 4.53. The summed E-state index contributed by atoms with van der Waals surface area (Å²) in [5.41, 5.74) is 2.95. The van der Waals surface area contributed by atoms with E-state index in [2.05, 4.69) is 10.6 Å². The SMILES string of the molecule is COc1ccc(CCNC(=O)C2(C(=O)Nc3ccc(C)cc3C)CC2)cc1OC. The van der Waals surface area contributed by atoms with Gasteiger partial charge in [0.25, 0.3) is 0 Å². The lowest BCUT2D eigenvalue weighted by atomic mass is 10.0. The summed E-state index contributed by atoms with van der Waals surface area (Å²) in [6.45, 7) is 4.41. The van der Waals surface area contributed by atoms with Gasteiger partial charge in [-0.05, 0) is 62.4 Å². The number of aryl methyl sites for hydroxylation is 2. The number of amides is 2. The average Bonchev–Trinajstić information content (AvgIpc) is 3.52. The van der Waals surface area contributed by atoms with Crippen LogP contribution in [-0.2, 0) is 16.0 Å². The molecule has 1 aliphatic carbocycles. The van der Waals surface area contributed by atoms with E-state index in [1.165, 1.54) is 0 Å². The van der Waals surface area contributed by atoms with Crippen LogP contribution < -0.4 is 20.1 Å². The lowest BCUT2D eigenvalue weighted by molar-refractivity contribution is -0.134. The second-order valence-corrected chi connectivity index (χ2v) is 7.55. The summed E-state index contributed by atoms with van der Waals surface area (Å²) >= 11 is 0. The van der Waals surface area contributed by atoms with Crippen LogP contribution in [0.25, 0.3) is 0 Å². The van der Waals surface area contributed by atoms with Crippen molar-refractivity contribution in [3.63, 3.8) is 0 Å². The fourth-order valence-electron chi connectivity index (χ4n) is 3.40. The Hall–Kier alpha value is -3.02. The van der Waals surface area contributed by atoms with Crippen molar-refractivity contribution in [2.24, 2.45) is 5.41 Å². The maximum atomic E-state index is 12.8. The first-order valence-corrected chi connectivity index (χ1v) is 9.77. The van der Waals surface area contributed by atoms with Crippen LogP contribution in [0.1, 0.15) is 29.5 Å². The van der Waals surface area contributed by atoms with Crippen LogP contribution >= 0.6 is 0 Å². The van der Waals surface area contributed by atoms with Gasteiger partial charge >= 0.3 is 0 Å². The summed E-state index contributed by atoms with van der Waals surface area (Å²) in [4.78, 5) is 25.5. The molecule has 6 nitrogen and oxygen atoms in total. The molecule has 2 aromatic carbocycles. The first kappa shape index (κ1) is 20.7. The third-order valence-corrected chi connectivity index (χ3v) is 5.40. The van der Waals surface area contributed by atoms with Crippen LogP contribution in [-0.4, -0.2) is 32.6 Å². The third-order valence-electron chi connectivity index (χ3n) is 5.40. The van der Waals surface area contributed by atoms with Crippen molar-refractivity contribution in [3.05, 3.63) is 53.1 Å². The summed E-state index contributed by atoms with van der Waals surface area (Å²) in [5.74, 6) is 0.886. The molecule has 6 heteroatoms. The van der Waals surface area contributed by atoms with Gasteiger partial charge in [0.15, 0.2) is 11.5 Å². The quantitative estimate of drug-likeness (QED) is 0.671. The van der Waals surface area contributed by atoms with E-state index >= 15 is 0 Å². The zero-order valence-electron chi connectivity index (χ0n) is 17.4. The molecule has 29 heavy (non-hydrogen) atoms. The molecule has 0 bridgehead atoms. The summed E-state index contributed by atoms with van der Waals surface area (Å²) in [7, 11) is 3.19. The van der Waals surface area contributed by atoms with Gasteiger partial charge in [-0.1, -0.05) is 23.8 Å². The summed E-state index contributed by atoms with van der Waals surface area (Å²) < 4.78 is 10.5. The number of carbonyl (C=O) groups excluding carboxylic acids is 2. The van der Waals surface area contributed by atoms with Gasteiger partial charge in [0.2, 0.25) is 11.8 Å². The van der Waals surface area contributed by atoms with Crippen LogP contribution in [0.2, 0.25) is 0 Å². The first-order valence-electron chi connectivity index (χ1n) is 9.77. The molecule has 2 N–H and O–H groups in total. The van der Waals surface area contributed by atoms with E-state index in [9.17, 15) is 9.59 Å². The smallest absolute Gasteiger partial charge is 0.240 e. The molecule has 0 aromatic heterocycles. The zero-order chi connectivity index (χ0) is 21.0. The first-order chi connectivity index (χ1) is 13.9. The Morgan fingerprint density at radius 1 is 0.966 bits per heavy atom. The zero-order valence-corrected chi connectivity index (χ0v) is 17.4. The molecule has 1 saturated carbocycles. The van der Waals surface area contributed by atoms with Crippen molar-refractivity contribution < 1.29 is 19.1 Å². The normalized spacial score (nSPS) is 14.1. The van der Waals surface area contributed by atoms with E-state index < -0.39 is 5.41 Å². The van der Waals surface area contributed by atoms with Crippen LogP contribution in [0.3, 0.4) is 0 Å². The van der Waals surface area contributed by atoms with Gasteiger partial charge in [-0.15, -0.1) is 0 Å². The topological polar surface area (TPSA) is 76.7 Å². The molecule has 0 atom stereocenters. The maximum absolute atomic E-state index is 12.8. The fourth-order valence-corrected chi connectivity index (χ4v) is 3.40. The number of benzene rings is 2. The highest BCUT2D eigenvalue weighted by molar-refractivity contribution is 6.13. The minimum atomic E-state index is -0.949. The van der Waals surface area contributed by atoms with Crippen LogP contribution in [0, 0.1) is 19.3 Å². The van der Waals surface area contributed by atoms with E-state index in [0.717, 1.165) is 22.4 Å². The number of carbonyl (C=O) groups is 2. The summed E-state index contributed by atoms with van der Waals surface area (Å²) in [6.07, 6.45) is 1.79. The molecular formula is C23H28N2O4. The monoisotopic (exact) mass is 396 g/mol. The van der Waals surface area contributed by atoms with Crippen molar-refractivity contribution in [3.8, 4) is 11.5 Å². The number of anilines is 1. The molecule has 3 rings (SSSR count). The Balaban J connectivity index is 1.57. The molecular weight excluding hydrogens is 368 g/mol. The Kier molecular flexibility index (Phi) is 6.11. The fraction of sp³-hybridized carbons (Fsp3) is 0.391. The molecule has 0 unspecified atom stereocenters. The highest BCUT2D eigenvalue weighted by atomic mass is 16.5. The van der Waals surface area contributed by atoms with Crippen molar-refractivity contribution in [1.29, 1.82) is 0 Å². The van der Waals surface area contributed by atoms with Crippen molar-refractivity contribution in [2.75, 3.05) is 26.1 Å². The lowest BCUT2D eigenvalue weighted by Gasteiger charge is -2.17. The molecule has 2 amide bonds. The molecule has 0 aliphatic heterocycles. The van der Waals surface area contributed by atoms with Crippen molar-refractivity contribution >= 4 is 17.5 Å². The lowest BCUT2D eigenvalue weighted by Crippen LogP contribution is -2.40. The standard InChI is InChI=1S/C23H28N2O4/c1-15-5-7-18(16(2)13-15)25-22(27)23(10-11-23)21(26)24-12-9-17-6-8-19(28-3)20(14-17)29-4/h5-8,13-14H,9-12H2,1-4H3,(H,24,26)(H,25,27). The number of rotatable bonds is 8. The maximum Gasteiger partial charge on any atom is 0.240 e. The minimum Gasteiger partial charge on any atom is -0.493 e. The molecule has 0 saturated heterocycles. The molecule has 2 aromatic rings. The number of ether oxygens (including phenoxy) is 2. The highest BCUT2D eigenvalue weighted by Crippen LogP contribution is 2.47. The van der Waals surface area contributed by atoms with Gasteiger partial charge in [0.05, 0.1) is 14.2 Å². The highest BCUT2D eigenvalue weighted by Gasteiger charge is 2.56. The Bertz CT molecular complexity index is 919. The van der Waals surface area contributed by atoms with E-state index in [1.807, 2.05) is 50.2 Å². The molecule has 0 spiro atoms. The number of hydrogen-bond donors (Lipinski definition) is 2. The molecule has 0 radical (unpaired) electrons. The van der Waals surface area contributed by atoms with E-state index in [4.69, 9.17) is 9.47 Å². The second-order valence-electron chi connectivity index (χ2n) is 7.55. The van der Waals surface area contributed by atoms with Gasteiger partial charge < -0.3 is 20.1 Å². The molecule has 0 heterocycles. The Labute approximate surface area is 171 Å². The van der Waals surface area contributed by atoms with Gasteiger partial charge in [-0.25, -0.2) is 0 Å². The van der Waals surface area contributed by atoms with Gasteiger partial charge in [-0.3, -0.25) is 9.59 Å². The number of hydrogen-bond acceptors (Lipinski definition) is 4. The Morgan fingerprint density at radius 3 is 2.31 bits per heavy atom. The predicted molar refractivity (Wildman–Crippen MR) is 112 cm³/mol. The second kappa shape index (κ2) is 8.55. The predicted octanol–water partition coefficient (Wildman–Crippen LogP) is 3.40. The molecule has 154 valence electrons. The van der Waals surface area contributed by atoms with E-state index in [-0.39, 0.29) is 11.8 Å². The Morgan fingerprint density at radius 2 is 1.69 bits per heavy atom.